The molecule has 1 aliphatic rings. The van der Waals surface area contributed by atoms with Gasteiger partial charge < -0.3 is 4.74 Å². The van der Waals surface area contributed by atoms with Crippen LogP contribution in [0.4, 0.5) is 4.79 Å². The molecule has 1 saturated heterocycles. The topological polar surface area (TPSA) is 46.6 Å². The van der Waals surface area contributed by atoms with E-state index in [1.165, 1.54) is 4.90 Å². The molecule has 0 bridgehead atoms. The molecule has 1 heterocycles. The summed E-state index contributed by atoms with van der Waals surface area (Å²) in [5.41, 5.74) is 2.83. The Labute approximate surface area is 240 Å². The highest BCUT2D eigenvalue weighted by atomic mass is 127. The summed E-state index contributed by atoms with van der Waals surface area (Å²) < 4.78 is 9.92. The maximum absolute atomic E-state index is 12.9. The molecular weight excluding hydrogens is 796 g/mol. The van der Waals surface area contributed by atoms with Crippen LogP contribution in [-0.4, -0.2) is 16.0 Å². The summed E-state index contributed by atoms with van der Waals surface area (Å²) in [4.78, 5) is 27.1. The highest BCUT2D eigenvalue weighted by Gasteiger charge is 2.35. The van der Waals surface area contributed by atoms with E-state index >= 15 is 0 Å². The summed E-state index contributed by atoms with van der Waals surface area (Å²) in [6.45, 7) is 0.723. The minimum absolute atomic E-state index is 0.256. The van der Waals surface area contributed by atoms with E-state index < -0.39 is 0 Å². The number of nitrogens with zero attached hydrogens (tertiary/aromatic N) is 1. The van der Waals surface area contributed by atoms with E-state index in [0.717, 1.165) is 50.3 Å². The van der Waals surface area contributed by atoms with Crippen LogP contribution >= 0.6 is 88.8 Å². The van der Waals surface area contributed by atoms with E-state index in [1.807, 2.05) is 60.7 Å². The highest BCUT2D eigenvalue weighted by molar-refractivity contribution is 14.1. The van der Waals surface area contributed by atoms with Crippen molar-refractivity contribution >= 4 is 106 Å². The van der Waals surface area contributed by atoms with Crippen molar-refractivity contribution in [2.45, 2.75) is 13.2 Å². The first kappa shape index (κ1) is 25.2. The van der Waals surface area contributed by atoms with Gasteiger partial charge in [0.2, 0.25) is 0 Å². The molecule has 0 aromatic heterocycles. The van der Waals surface area contributed by atoms with Gasteiger partial charge in [0.05, 0.1) is 18.6 Å². The second kappa shape index (κ2) is 11.2. The van der Waals surface area contributed by atoms with Gasteiger partial charge in [0.15, 0.2) is 0 Å². The van der Waals surface area contributed by atoms with E-state index in [-0.39, 0.29) is 17.7 Å². The molecule has 3 aromatic carbocycles. The summed E-state index contributed by atoms with van der Waals surface area (Å²) in [6, 6.07) is 19.5. The first-order chi connectivity index (χ1) is 15.8. The average Bonchev–Trinajstić information content (AvgIpc) is 3.03. The molecule has 168 valence electrons. The van der Waals surface area contributed by atoms with Crippen LogP contribution in [0.15, 0.2) is 74.5 Å². The fraction of sp³-hybridized carbons (Fsp3) is 0.0833. The Morgan fingerprint density at radius 1 is 0.879 bits per heavy atom. The Balaban J connectivity index is 1.49. The summed E-state index contributed by atoms with van der Waals surface area (Å²) in [5.74, 6) is 0.535. The zero-order valence-electron chi connectivity index (χ0n) is 16.9. The number of hydrogen-bond acceptors (Lipinski definition) is 4. The van der Waals surface area contributed by atoms with Crippen LogP contribution in [0.1, 0.15) is 16.7 Å². The second-order valence-electron chi connectivity index (χ2n) is 7.12. The van der Waals surface area contributed by atoms with E-state index in [2.05, 4.69) is 77.0 Å². The maximum Gasteiger partial charge on any atom is 0.293 e. The van der Waals surface area contributed by atoms with Gasteiger partial charge in [0.1, 0.15) is 12.4 Å². The summed E-state index contributed by atoms with van der Waals surface area (Å²) in [5, 5.41) is -0.256. The molecule has 0 unspecified atom stereocenters. The number of hydrogen-bond donors (Lipinski definition) is 0. The number of imide groups is 1. The van der Waals surface area contributed by atoms with Gasteiger partial charge in [0.25, 0.3) is 11.1 Å². The fourth-order valence-corrected chi connectivity index (χ4v) is 6.59. The van der Waals surface area contributed by atoms with Crippen molar-refractivity contribution in [3.63, 3.8) is 0 Å². The molecule has 0 radical (unpaired) electrons. The van der Waals surface area contributed by atoms with Gasteiger partial charge in [-0.05, 0) is 116 Å². The molecule has 3 aromatic rings. The zero-order chi connectivity index (χ0) is 23.5. The third kappa shape index (κ3) is 6.41. The Hall–Kier alpha value is -0.890. The van der Waals surface area contributed by atoms with E-state index in [4.69, 9.17) is 4.74 Å². The van der Waals surface area contributed by atoms with E-state index in [9.17, 15) is 9.59 Å². The predicted octanol–water partition coefficient (Wildman–Crippen LogP) is 8.24. The molecule has 4 rings (SSSR count). The van der Waals surface area contributed by atoms with Crippen LogP contribution in [0, 0.1) is 7.14 Å². The zero-order valence-corrected chi connectivity index (χ0v) is 25.2. The van der Waals surface area contributed by atoms with E-state index in [0.29, 0.717) is 11.5 Å². The smallest absolute Gasteiger partial charge is 0.293 e. The summed E-state index contributed by atoms with van der Waals surface area (Å²) >= 11 is 12.3. The molecular formula is C24H15Br2I2NO3S. The van der Waals surface area contributed by atoms with Crippen LogP contribution in [0.3, 0.4) is 0 Å². The largest absolute Gasteiger partial charge is 0.487 e. The molecule has 33 heavy (non-hydrogen) atoms. The Kier molecular flexibility index (Phi) is 8.58. The van der Waals surface area contributed by atoms with Crippen LogP contribution in [-0.2, 0) is 17.9 Å². The van der Waals surface area contributed by atoms with Crippen LogP contribution in [0.5, 0.6) is 5.75 Å². The van der Waals surface area contributed by atoms with E-state index in [1.54, 1.807) is 6.08 Å². The third-order valence-electron chi connectivity index (χ3n) is 4.74. The number of carbonyl (C=O) groups is 2. The molecule has 0 spiro atoms. The van der Waals surface area contributed by atoms with Gasteiger partial charge in [-0.1, -0.05) is 56.1 Å². The average molecular weight is 811 g/mol. The van der Waals surface area contributed by atoms with Gasteiger partial charge >= 0.3 is 0 Å². The van der Waals surface area contributed by atoms with Crippen molar-refractivity contribution in [3.8, 4) is 5.75 Å². The first-order valence-corrected chi connectivity index (χ1v) is 14.2. The number of ether oxygens (including phenoxy) is 1. The Morgan fingerprint density at radius 2 is 1.42 bits per heavy atom. The number of halogens is 4. The highest BCUT2D eigenvalue weighted by Crippen LogP contribution is 2.35. The Morgan fingerprint density at radius 3 is 2.00 bits per heavy atom. The molecule has 0 aliphatic carbocycles. The van der Waals surface area contributed by atoms with Crippen molar-refractivity contribution in [2.75, 3.05) is 0 Å². The third-order valence-corrected chi connectivity index (χ3v) is 8.31. The minimum atomic E-state index is -0.270. The lowest BCUT2D eigenvalue weighted by Gasteiger charge is -2.13. The number of rotatable bonds is 6. The van der Waals surface area contributed by atoms with Crippen molar-refractivity contribution in [3.05, 3.63) is 98.3 Å². The summed E-state index contributed by atoms with van der Waals surface area (Å²) in [6.07, 6.45) is 1.77. The number of benzene rings is 3. The van der Waals surface area contributed by atoms with Crippen molar-refractivity contribution in [1.29, 1.82) is 0 Å². The van der Waals surface area contributed by atoms with Gasteiger partial charge in [-0.25, -0.2) is 0 Å². The molecule has 0 atom stereocenters. The predicted molar refractivity (Wildman–Crippen MR) is 156 cm³/mol. The SMILES string of the molecule is O=C1S/C(=C\c2cc(I)c(OCc3ccc(Br)cc3)c(I)c2)C(=O)N1Cc1ccc(Br)cc1. The maximum atomic E-state index is 12.9. The Bertz CT molecular complexity index is 1220. The molecule has 4 nitrogen and oxygen atoms in total. The van der Waals surface area contributed by atoms with Crippen LogP contribution < -0.4 is 4.74 Å². The molecule has 1 aliphatic heterocycles. The second-order valence-corrected chi connectivity index (χ2v) is 12.3. The molecule has 0 N–H and O–H groups in total. The normalized spacial score (nSPS) is 14.9. The molecule has 1 fully saturated rings. The summed E-state index contributed by atoms with van der Waals surface area (Å²) in [7, 11) is 0. The number of thioether (sulfide) groups is 1. The standard InChI is InChI=1S/C24H15Br2I2NO3S/c25-17-5-1-14(2-6-17)12-29-23(30)21(33-24(29)31)11-16-9-19(27)22(20(28)10-16)32-13-15-3-7-18(26)8-4-15/h1-11H,12-13H2/b21-11-. The van der Waals surface area contributed by atoms with Gasteiger partial charge in [-0.2, -0.15) is 0 Å². The fourth-order valence-electron chi connectivity index (χ4n) is 3.10. The quantitative estimate of drug-likeness (QED) is 0.186. The number of amides is 2. The van der Waals surface area contributed by atoms with Crippen molar-refractivity contribution in [2.24, 2.45) is 0 Å². The van der Waals surface area contributed by atoms with Crippen molar-refractivity contribution < 1.29 is 14.3 Å². The molecule has 9 heteroatoms. The lowest BCUT2D eigenvalue weighted by Crippen LogP contribution is -2.27. The van der Waals surface area contributed by atoms with Crippen LogP contribution in [0.25, 0.3) is 6.08 Å². The van der Waals surface area contributed by atoms with Crippen molar-refractivity contribution in [1.82, 2.24) is 4.90 Å². The lowest BCUT2D eigenvalue weighted by atomic mass is 10.2. The molecule has 2 amide bonds. The number of carbonyl (C=O) groups excluding carboxylic acids is 2. The van der Waals surface area contributed by atoms with Gasteiger partial charge in [-0.3, -0.25) is 14.5 Å². The molecule has 0 saturated carbocycles. The van der Waals surface area contributed by atoms with Gasteiger partial charge in [-0.15, -0.1) is 0 Å². The van der Waals surface area contributed by atoms with Gasteiger partial charge in [0, 0.05) is 8.95 Å². The monoisotopic (exact) mass is 809 g/mol. The minimum Gasteiger partial charge on any atom is -0.487 e. The van der Waals surface area contributed by atoms with Crippen LogP contribution in [0.2, 0.25) is 0 Å². The first-order valence-electron chi connectivity index (χ1n) is 9.66. The lowest BCUT2D eigenvalue weighted by molar-refractivity contribution is -0.123.